The van der Waals surface area contributed by atoms with Crippen LogP contribution in [0, 0.1) is 0 Å². The maximum absolute atomic E-state index is 13.2. The van der Waals surface area contributed by atoms with E-state index in [1.807, 2.05) is 31.2 Å². The molecule has 55 heavy (non-hydrogen) atoms. The van der Waals surface area contributed by atoms with Gasteiger partial charge in [0, 0.05) is 36.4 Å². The van der Waals surface area contributed by atoms with Gasteiger partial charge in [-0.05, 0) is 60.4 Å². The Bertz CT molecular complexity index is 1820. The van der Waals surface area contributed by atoms with Crippen LogP contribution in [-0.2, 0) is 33.3 Å². The standard InChI is InChI=1S/C39H46N6O10/c1-2-16-41-44-36(48)28-8-6-26(7-9-28)27-10-12-29(13-11-27)42-34(47)25-55-24-23-54-22-21-53-20-19-52-18-17-40-31-5-3-4-30-35(31)39(51)45(38(30)50)32-14-15-33(46)43-37(32)49/h3-13,32,40-41H,2,14-25H2,1H3,(H,42,47)(H,44,48)(H,43,46,49). The van der Waals surface area contributed by atoms with Gasteiger partial charge >= 0.3 is 0 Å². The molecule has 0 aromatic heterocycles. The van der Waals surface area contributed by atoms with Crippen LogP contribution in [-0.4, -0.2) is 112 Å². The number of rotatable bonds is 22. The third-order valence-electron chi connectivity index (χ3n) is 8.61. The second kappa shape index (κ2) is 20.8. The first kappa shape index (κ1) is 40.7. The highest BCUT2D eigenvalue weighted by Gasteiger charge is 2.45. The summed E-state index contributed by atoms with van der Waals surface area (Å²) in [6, 6.07) is 18.5. The molecule has 2 aliphatic rings. The minimum atomic E-state index is -1.02. The van der Waals surface area contributed by atoms with Crippen LogP contribution in [0.2, 0.25) is 0 Å². The van der Waals surface area contributed by atoms with E-state index < -0.39 is 29.7 Å². The van der Waals surface area contributed by atoms with E-state index in [-0.39, 0.29) is 49.0 Å². The highest BCUT2D eigenvalue weighted by Crippen LogP contribution is 2.32. The summed E-state index contributed by atoms with van der Waals surface area (Å²) in [5.74, 6) is -2.69. The molecule has 0 aliphatic carbocycles. The van der Waals surface area contributed by atoms with E-state index in [1.165, 1.54) is 0 Å². The molecule has 1 saturated heterocycles. The van der Waals surface area contributed by atoms with Crippen molar-refractivity contribution < 1.29 is 47.7 Å². The fourth-order valence-corrected chi connectivity index (χ4v) is 5.84. The second-order valence-corrected chi connectivity index (χ2v) is 12.6. The van der Waals surface area contributed by atoms with Crippen LogP contribution in [0.1, 0.15) is 57.3 Å². The van der Waals surface area contributed by atoms with Crippen molar-refractivity contribution >= 4 is 46.8 Å². The molecule has 2 heterocycles. The van der Waals surface area contributed by atoms with Gasteiger partial charge in [0.25, 0.3) is 17.7 Å². The SMILES string of the molecule is CCCNNC(=O)c1ccc(-c2ccc(NC(=O)COCCOCCOCCOCCNc3cccc4c3C(=O)N(C3CCC(=O)NC3=O)C4=O)cc2)cc1. The third-order valence-corrected chi connectivity index (χ3v) is 8.61. The molecule has 1 fully saturated rings. The predicted octanol–water partition coefficient (Wildman–Crippen LogP) is 2.52. The summed E-state index contributed by atoms with van der Waals surface area (Å²) in [6.07, 6.45) is 1.06. The number of amides is 6. The summed E-state index contributed by atoms with van der Waals surface area (Å²) in [4.78, 5) is 75.4. The fourth-order valence-electron chi connectivity index (χ4n) is 5.84. The number of fused-ring (bicyclic) bond motifs is 1. The van der Waals surface area contributed by atoms with Crippen LogP contribution in [0.4, 0.5) is 11.4 Å². The third kappa shape index (κ3) is 11.5. The number of benzene rings is 3. The number of anilines is 2. The molecule has 6 amide bonds. The van der Waals surface area contributed by atoms with Gasteiger partial charge < -0.3 is 29.6 Å². The first-order valence-corrected chi connectivity index (χ1v) is 18.2. The maximum atomic E-state index is 13.2. The smallest absolute Gasteiger partial charge is 0.265 e. The van der Waals surface area contributed by atoms with Crippen LogP contribution in [0.15, 0.2) is 66.7 Å². The van der Waals surface area contributed by atoms with E-state index in [4.69, 9.17) is 18.9 Å². The Morgan fingerprint density at radius 1 is 0.764 bits per heavy atom. The molecule has 292 valence electrons. The molecule has 0 saturated carbocycles. The van der Waals surface area contributed by atoms with Crippen LogP contribution in [0.5, 0.6) is 0 Å². The molecule has 1 unspecified atom stereocenters. The lowest BCUT2D eigenvalue weighted by atomic mass is 10.0. The first-order chi connectivity index (χ1) is 26.8. The van der Waals surface area contributed by atoms with Gasteiger partial charge in [0.05, 0.1) is 57.4 Å². The van der Waals surface area contributed by atoms with Crippen molar-refractivity contribution in [3.63, 3.8) is 0 Å². The van der Waals surface area contributed by atoms with E-state index in [0.717, 1.165) is 22.4 Å². The number of ether oxygens (including phenoxy) is 4. The zero-order valence-electron chi connectivity index (χ0n) is 30.7. The van der Waals surface area contributed by atoms with Gasteiger partial charge in [0.2, 0.25) is 17.7 Å². The highest BCUT2D eigenvalue weighted by atomic mass is 16.6. The Hall–Kier alpha value is -5.52. The molecular weight excluding hydrogens is 712 g/mol. The predicted molar refractivity (Wildman–Crippen MR) is 201 cm³/mol. The summed E-state index contributed by atoms with van der Waals surface area (Å²) in [6.45, 7) is 5.18. The molecule has 5 N–H and O–H groups in total. The van der Waals surface area contributed by atoms with E-state index in [1.54, 1.807) is 42.5 Å². The Morgan fingerprint density at radius 3 is 2.05 bits per heavy atom. The zero-order valence-corrected chi connectivity index (χ0v) is 30.7. The average molecular weight is 759 g/mol. The summed E-state index contributed by atoms with van der Waals surface area (Å²) < 4.78 is 22.0. The minimum Gasteiger partial charge on any atom is -0.382 e. The number of carbonyl (C=O) groups excluding carboxylic acids is 6. The summed E-state index contributed by atoms with van der Waals surface area (Å²) >= 11 is 0. The van der Waals surface area contributed by atoms with E-state index in [2.05, 4.69) is 26.8 Å². The molecule has 0 radical (unpaired) electrons. The Labute approximate surface area is 318 Å². The molecule has 0 spiro atoms. The molecule has 5 rings (SSSR count). The lowest BCUT2D eigenvalue weighted by Gasteiger charge is -2.27. The highest BCUT2D eigenvalue weighted by molar-refractivity contribution is 6.25. The van der Waals surface area contributed by atoms with Crippen molar-refractivity contribution in [1.82, 2.24) is 21.1 Å². The summed E-state index contributed by atoms with van der Waals surface area (Å²) in [7, 11) is 0. The number of hydrazine groups is 1. The lowest BCUT2D eigenvalue weighted by Crippen LogP contribution is -2.54. The normalized spacial score (nSPS) is 15.1. The van der Waals surface area contributed by atoms with Crippen molar-refractivity contribution in [1.29, 1.82) is 0 Å². The number of nitrogens with one attached hydrogen (secondary N) is 5. The second-order valence-electron chi connectivity index (χ2n) is 12.6. The summed E-state index contributed by atoms with van der Waals surface area (Å²) in [5, 5.41) is 8.11. The van der Waals surface area contributed by atoms with Crippen LogP contribution in [0.3, 0.4) is 0 Å². The molecule has 16 nitrogen and oxygen atoms in total. The number of piperidine rings is 1. The van der Waals surface area contributed by atoms with Crippen molar-refractivity contribution in [3.8, 4) is 11.1 Å². The maximum Gasteiger partial charge on any atom is 0.265 e. The van der Waals surface area contributed by atoms with Crippen molar-refractivity contribution in [2.45, 2.75) is 32.2 Å². The monoisotopic (exact) mass is 758 g/mol. The van der Waals surface area contributed by atoms with Gasteiger partial charge in [-0.25, -0.2) is 5.43 Å². The molecule has 16 heteroatoms. The Balaban J connectivity index is 0.867. The minimum absolute atomic E-state index is 0.0550. The number of imide groups is 2. The number of hydrogen-bond acceptors (Lipinski definition) is 12. The van der Waals surface area contributed by atoms with Crippen LogP contribution < -0.4 is 26.8 Å². The number of nitrogens with zero attached hydrogens (tertiary/aromatic N) is 1. The Morgan fingerprint density at radius 2 is 1.40 bits per heavy atom. The number of carbonyl (C=O) groups is 6. The fraction of sp³-hybridized carbons (Fsp3) is 0.385. The van der Waals surface area contributed by atoms with E-state index in [9.17, 15) is 28.8 Å². The van der Waals surface area contributed by atoms with Gasteiger partial charge in [-0.2, -0.15) is 0 Å². The van der Waals surface area contributed by atoms with Gasteiger partial charge in [0.1, 0.15) is 12.6 Å². The summed E-state index contributed by atoms with van der Waals surface area (Å²) in [5.41, 5.74) is 9.48. The molecule has 2 aliphatic heterocycles. The zero-order chi connectivity index (χ0) is 39.0. The molecule has 1 atom stereocenters. The lowest BCUT2D eigenvalue weighted by molar-refractivity contribution is -0.136. The number of hydrogen-bond donors (Lipinski definition) is 5. The van der Waals surface area contributed by atoms with E-state index >= 15 is 0 Å². The van der Waals surface area contributed by atoms with Crippen LogP contribution >= 0.6 is 0 Å². The van der Waals surface area contributed by atoms with Gasteiger partial charge in [-0.3, -0.25) is 44.4 Å². The average Bonchev–Trinajstić information content (AvgIpc) is 3.44. The topological polar surface area (TPSA) is 203 Å². The van der Waals surface area contributed by atoms with Gasteiger partial charge in [0.15, 0.2) is 0 Å². The Kier molecular flexibility index (Phi) is 15.4. The van der Waals surface area contributed by atoms with Crippen molar-refractivity contribution in [2.75, 3.05) is 76.6 Å². The molecule has 0 bridgehead atoms. The van der Waals surface area contributed by atoms with E-state index in [0.29, 0.717) is 69.7 Å². The van der Waals surface area contributed by atoms with Gasteiger partial charge in [-0.15, -0.1) is 0 Å². The van der Waals surface area contributed by atoms with Crippen molar-refractivity contribution in [2.24, 2.45) is 0 Å². The molecule has 3 aromatic rings. The first-order valence-electron chi connectivity index (χ1n) is 18.2. The quantitative estimate of drug-likeness (QED) is 0.0570. The molecular formula is C39H46N6O10. The van der Waals surface area contributed by atoms with Crippen molar-refractivity contribution in [3.05, 3.63) is 83.4 Å². The largest absolute Gasteiger partial charge is 0.382 e. The van der Waals surface area contributed by atoms with Crippen LogP contribution in [0.25, 0.3) is 11.1 Å². The molecule has 3 aromatic carbocycles. The van der Waals surface area contributed by atoms with Gasteiger partial charge in [-0.1, -0.05) is 37.3 Å².